The lowest BCUT2D eigenvalue weighted by Gasteiger charge is -2.33. The number of carbonyl (C=O) groups is 1. The molecule has 0 radical (unpaired) electrons. The molecular weight excluding hydrogens is 488 g/mol. The van der Waals surface area contributed by atoms with Crippen LogP contribution in [0.2, 0.25) is 5.02 Å². The number of nitrogens with one attached hydrogen (secondary N) is 3. The van der Waals surface area contributed by atoms with Gasteiger partial charge in [-0.15, -0.1) is 0 Å². The van der Waals surface area contributed by atoms with Crippen molar-refractivity contribution in [3.05, 3.63) is 70.4 Å². The first-order valence-corrected chi connectivity index (χ1v) is 13.4. The molecule has 2 aromatic carbocycles. The largest absolute Gasteiger partial charge is 0.379 e. The van der Waals surface area contributed by atoms with E-state index in [0.717, 1.165) is 51.3 Å². The van der Waals surface area contributed by atoms with Gasteiger partial charge >= 0.3 is 0 Å². The summed E-state index contributed by atoms with van der Waals surface area (Å²) in [6.45, 7) is 6.18. The van der Waals surface area contributed by atoms with Crippen molar-refractivity contribution in [2.75, 3.05) is 43.5 Å². The summed E-state index contributed by atoms with van der Waals surface area (Å²) in [4.78, 5) is 24.0. The fourth-order valence-corrected chi connectivity index (χ4v) is 5.23. The summed E-state index contributed by atoms with van der Waals surface area (Å²) in [5.74, 6) is 0.705. The van der Waals surface area contributed by atoms with Crippen LogP contribution in [0.5, 0.6) is 0 Å². The van der Waals surface area contributed by atoms with E-state index in [9.17, 15) is 4.79 Å². The number of morpholine rings is 1. The number of nitrogens with zero attached hydrogens (tertiary/aromatic N) is 3. The Balaban J connectivity index is 1.29. The van der Waals surface area contributed by atoms with Crippen molar-refractivity contribution >= 4 is 40.6 Å². The summed E-state index contributed by atoms with van der Waals surface area (Å²) >= 11 is 6.41. The van der Waals surface area contributed by atoms with Crippen LogP contribution in [0.15, 0.2) is 48.7 Å². The summed E-state index contributed by atoms with van der Waals surface area (Å²) in [5, 5.41) is 9.74. The first kappa shape index (κ1) is 25.4. The molecule has 8 nitrogen and oxygen atoms in total. The molecule has 37 heavy (non-hydrogen) atoms. The van der Waals surface area contributed by atoms with Gasteiger partial charge in [0, 0.05) is 31.4 Å². The van der Waals surface area contributed by atoms with E-state index >= 15 is 0 Å². The Morgan fingerprint density at radius 1 is 1.08 bits per heavy atom. The highest BCUT2D eigenvalue weighted by Gasteiger charge is 2.24. The lowest BCUT2D eigenvalue weighted by atomic mass is 10.0. The minimum Gasteiger partial charge on any atom is -0.379 e. The standard InChI is InChI=1S/C28H33ClN6O2/c1-2-30-27(36)23-5-3-4-6-25(23)33-26-24(29)18-31-28(34-26)32-21-10-7-19-8-11-22(12-9-20(19)17-21)35-13-15-37-16-14-35/h3-7,10,17-18,22H,2,8-9,11-16H2,1H3,(H,30,36)(H2,31,32,33,34). The molecule has 194 valence electrons. The quantitative estimate of drug-likeness (QED) is 0.380. The molecular formula is C28H33ClN6O2. The number of carbonyl (C=O) groups excluding carboxylic acids is 1. The second-order valence-corrected chi connectivity index (χ2v) is 9.82. The maximum Gasteiger partial charge on any atom is 0.253 e. The molecule has 2 aliphatic rings. The van der Waals surface area contributed by atoms with Crippen LogP contribution in [0.25, 0.3) is 0 Å². The summed E-state index contributed by atoms with van der Waals surface area (Å²) < 4.78 is 5.54. The van der Waals surface area contributed by atoms with Crippen molar-refractivity contribution in [3.8, 4) is 0 Å². The molecule has 1 aliphatic heterocycles. The van der Waals surface area contributed by atoms with Gasteiger partial charge in [-0.2, -0.15) is 4.98 Å². The predicted octanol–water partition coefficient (Wildman–Crippen LogP) is 4.95. The monoisotopic (exact) mass is 520 g/mol. The van der Waals surface area contributed by atoms with E-state index in [1.54, 1.807) is 12.3 Å². The first-order valence-electron chi connectivity index (χ1n) is 13.0. The molecule has 1 aliphatic carbocycles. The predicted molar refractivity (Wildman–Crippen MR) is 147 cm³/mol. The van der Waals surface area contributed by atoms with Crippen LogP contribution in [-0.4, -0.2) is 59.7 Å². The third-order valence-corrected chi connectivity index (χ3v) is 7.30. The molecule has 1 saturated heterocycles. The van der Waals surface area contributed by atoms with Crippen LogP contribution >= 0.6 is 11.6 Å². The van der Waals surface area contributed by atoms with Gasteiger partial charge in [-0.25, -0.2) is 4.98 Å². The number of hydrogen-bond acceptors (Lipinski definition) is 7. The van der Waals surface area contributed by atoms with Crippen LogP contribution in [0.3, 0.4) is 0 Å². The second kappa shape index (κ2) is 11.9. The third kappa shape index (κ3) is 6.21. The van der Waals surface area contributed by atoms with E-state index < -0.39 is 0 Å². The van der Waals surface area contributed by atoms with Crippen LogP contribution in [-0.2, 0) is 17.6 Å². The van der Waals surface area contributed by atoms with E-state index in [0.29, 0.717) is 40.6 Å². The number of benzene rings is 2. The number of para-hydroxylation sites is 1. The molecule has 1 amide bonds. The highest BCUT2D eigenvalue weighted by atomic mass is 35.5. The lowest BCUT2D eigenvalue weighted by Crippen LogP contribution is -2.43. The molecule has 0 saturated carbocycles. The Morgan fingerprint density at radius 2 is 1.86 bits per heavy atom. The average molecular weight is 521 g/mol. The van der Waals surface area contributed by atoms with Gasteiger partial charge in [0.25, 0.3) is 5.91 Å². The molecule has 3 N–H and O–H groups in total. The molecule has 0 bridgehead atoms. The molecule has 9 heteroatoms. The van der Waals surface area contributed by atoms with Gasteiger partial charge in [0.15, 0.2) is 5.82 Å². The Labute approximate surface area is 222 Å². The van der Waals surface area contributed by atoms with Crippen LogP contribution in [0.1, 0.15) is 41.3 Å². The van der Waals surface area contributed by atoms with Gasteiger partial charge in [0.1, 0.15) is 5.02 Å². The number of ether oxygens (including phenoxy) is 1. The fraction of sp³-hybridized carbons (Fsp3) is 0.393. The SMILES string of the molecule is CCNC(=O)c1ccccc1Nc1nc(Nc2ccc3c(c2)CCC(N2CCOCC2)CC3)ncc1Cl. The second-order valence-electron chi connectivity index (χ2n) is 9.41. The highest BCUT2D eigenvalue weighted by molar-refractivity contribution is 6.33. The minimum absolute atomic E-state index is 0.157. The van der Waals surface area contributed by atoms with Crippen LogP contribution in [0, 0.1) is 0 Å². The van der Waals surface area contributed by atoms with Crippen LogP contribution in [0.4, 0.5) is 23.1 Å². The normalized spacial score (nSPS) is 17.9. The number of aryl methyl sites for hydroxylation is 2. The number of amides is 1. The smallest absolute Gasteiger partial charge is 0.253 e. The Bertz CT molecular complexity index is 1250. The molecule has 5 rings (SSSR count). The van der Waals surface area contributed by atoms with E-state index in [1.165, 1.54) is 17.5 Å². The van der Waals surface area contributed by atoms with Gasteiger partial charge in [0.05, 0.1) is 30.7 Å². The zero-order valence-electron chi connectivity index (χ0n) is 21.1. The molecule has 3 aromatic rings. The number of halogens is 1. The Hall–Kier alpha value is -3.20. The first-order chi connectivity index (χ1) is 18.1. The zero-order chi connectivity index (χ0) is 25.6. The van der Waals surface area contributed by atoms with Crippen LogP contribution < -0.4 is 16.0 Å². The Morgan fingerprint density at radius 3 is 2.68 bits per heavy atom. The van der Waals surface area contributed by atoms with Crippen molar-refractivity contribution in [2.24, 2.45) is 0 Å². The van der Waals surface area contributed by atoms with E-state index in [1.807, 2.05) is 25.1 Å². The number of hydrogen-bond donors (Lipinski definition) is 3. The summed E-state index contributed by atoms with van der Waals surface area (Å²) in [5.41, 5.74) is 4.89. The van der Waals surface area contributed by atoms with E-state index in [-0.39, 0.29) is 5.91 Å². The summed E-state index contributed by atoms with van der Waals surface area (Å²) in [7, 11) is 0. The maximum atomic E-state index is 12.5. The van der Waals surface area contributed by atoms with Crippen molar-refractivity contribution < 1.29 is 9.53 Å². The highest BCUT2D eigenvalue weighted by Crippen LogP contribution is 2.29. The minimum atomic E-state index is -0.157. The topological polar surface area (TPSA) is 91.4 Å². The fourth-order valence-electron chi connectivity index (χ4n) is 5.09. The van der Waals surface area contributed by atoms with Crippen molar-refractivity contribution in [1.82, 2.24) is 20.2 Å². The Kier molecular flexibility index (Phi) is 8.18. The molecule has 1 fully saturated rings. The van der Waals surface area contributed by atoms with Gasteiger partial charge in [0.2, 0.25) is 5.95 Å². The maximum absolute atomic E-state index is 12.5. The molecule has 1 aromatic heterocycles. The van der Waals surface area contributed by atoms with Crippen molar-refractivity contribution in [3.63, 3.8) is 0 Å². The van der Waals surface area contributed by atoms with E-state index in [4.69, 9.17) is 16.3 Å². The van der Waals surface area contributed by atoms with Crippen molar-refractivity contribution in [1.29, 1.82) is 0 Å². The van der Waals surface area contributed by atoms with Gasteiger partial charge in [-0.05, 0) is 68.0 Å². The number of fused-ring (bicyclic) bond motifs is 1. The third-order valence-electron chi connectivity index (χ3n) is 7.02. The number of rotatable bonds is 7. The zero-order valence-corrected chi connectivity index (χ0v) is 21.9. The number of anilines is 4. The molecule has 2 heterocycles. The van der Waals surface area contributed by atoms with Crippen molar-refractivity contribution in [2.45, 2.75) is 38.6 Å². The lowest BCUT2D eigenvalue weighted by molar-refractivity contribution is 0.0136. The summed E-state index contributed by atoms with van der Waals surface area (Å²) in [6, 6.07) is 14.4. The average Bonchev–Trinajstić information content (AvgIpc) is 3.14. The summed E-state index contributed by atoms with van der Waals surface area (Å²) in [6.07, 6.45) is 6.05. The van der Waals surface area contributed by atoms with Gasteiger partial charge in [-0.3, -0.25) is 9.69 Å². The van der Waals surface area contributed by atoms with Gasteiger partial charge < -0.3 is 20.7 Å². The molecule has 1 unspecified atom stereocenters. The number of aromatic nitrogens is 2. The molecule has 1 atom stereocenters. The van der Waals surface area contributed by atoms with Gasteiger partial charge in [-0.1, -0.05) is 29.8 Å². The molecule has 0 spiro atoms. The van der Waals surface area contributed by atoms with E-state index in [2.05, 4.69) is 49.0 Å².